The fraction of sp³-hybridized carbons (Fsp3) is 0.316. The number of hydrogen-bond donors (Lipinski definition) is 1. The number of aromatic nitrogens is 3. The summed E-state index contributed by atoms with van der Waals surface area (Å²) in [4.78, 5) is 13.3. The van der Waals surface area contributed by atoms with Gasteiger partial charge in [0.25, 0.3) is 0 Å². The van der Waals surface area contributed by atoms with E-state index in [-0.39, 0.29) is 11.2 Å². The van der Waals surface area contributed by atoms with E-state index < -0.39 is 0 Å². The second kappa shape index (κ2) is 9.00. The van der Waals surface area contributed by atoms with Crippen molar-refractivity contribution < 1.29 is 4.79 Å². The molecular weight excluding hydrogens is 364 g/mol. The molecule has 1 amide bonds. The Kier molecular flexibility index (Phi) is 6.46. The van der Waals surface area contributed by atoms with Gasteiger partial charge in [0.05, 0.1) is 16.7 Å². The van der Waals surface area contributed by atoms with Gasteiger partial charge in [0.15, 0.2) is 11.0 Å². The summed E-state index contributed by atoms with van der Waals surface area (Å²) in [5, 5.41) is 14.3. The van der Waals surface area contributed by atoms with Gasteiger partial charge in [0.1, 0.15) is 0 Å². The molecule has 1 N–H and O–H groups in total. The van der Waals surface area contributed by atoms with Crippen molar-refractivity contribution in [3.63, 3.8) is 0 Å². The first kappa shape index (κ1) is 18.7. The fourth-order valence-electron chi connectivity index (χ4n) is 2.48. The summed E-state index contributed by atoms with van der Waals surface area (Å²) >= 11 is 3.09. The highest BCUT2D eigenvalue weighted by Gasteiger charge is 2.21. The zero-order chi connectivity index (χ0) is 18.4. The molecule has 0 saturated heterocycles. The van der Waals surface area contributed by atoms with Crippen LogP contribution in [0.2, 0.25) is 0 Å². The molecule has 0 saturated carbocycles. The maximum atomic E-state index is 12.2. The van der Waals surface area contributed by atoms with Crippen molar-refractivity contribution in [1.82, 2.24) is 20.1 Å². The molecule has 1 atom stereocenters. The van der Waals surface area contributed by atoms with Crippen LogP contribution in [0.4, 0.5) is 0 Å². The van der Waals surface area contributed by atoms with Crippen LogP contribution in [0.1, 0.15) is 25.8 Å². The van der Waals surface area contributed by atoms with Gasteiger partial charge in [0, 0.05) is 6.54 Å². The highest BCUT2D eigenvalue weighted by molar-refractivity contribution is 8.00. The molecule has 1 aromatic carbocycles. The number of nitrogens with one attached hydrogen (secondary N) is 1. The standard InChI is InChI=1S/C19H22N4OS2/c1-3-11-20-18(24)14(2)26-19-22-21-17(16-10-7-12-25-16)23(19)13-15-8-5-4-6-9-15/h4-10,12,14H,3,11,13H2,1-2H3,(H,20,24)/t14-/m0/s1. The molecule has 0 aliphatic carbocycles. The van der Waals surface area contributed by atoms with Crippen LogP contribution in [0.5, 0.6) is 0 Å². The molecule has 0 unspecified atom stereocenters. The lowest BCUT2D eigenvalue weighted by Gasteiger charge is -2.13. The normalized spacial score (nSPS) is 12.1. The minimum Gasteiger partial charge on any atom is -0.355 e. The molecule has 2 aromatic heterocycles. The Bertz CT molecular complexity index is 831. The highest BCUT2D eigenvalue weighted by atomic mass is 32.2. The smallest absolute Gasteiger partial charge is 0.233 e. The van der Waals surface area contributed by atoms with Gasteiger partial charge in [-0.05, 0) is 30.4 Å². The van der Waals surface area contributed by atoms with Crippen LogP contribution in [0.3, 0.4) is 0 Å². The van der Waals surface area contributed by atoms with Gasteiger partial charge in [-0.3, -0.25) is 9.36 Å². The third kappa shape index (κ3) is 4.53. The van der Waals surface area contributed by atoms with Gasteiger partial charge >= 0.3 is 0 Å². The first-order chi connectivity index (χ1) is 12.7. The van der Waals surface area contributed by atoms with E-state index >= 15 is 0 Å². The molecule has 0 fully saturated rings. The second-order valence-corrected chi connectivity index (χ2v) is 8.16. The molecule has 3 rings (SSSR count). The van der Waals surface area contributed by atoms with E-state index in [2.05, 4.69) is 32.2 Å². The van der Waals surface area contributed by atoms with Gasteiger partial charge in [-0.2, -0.15) is 0 Å². The summed E-state index contributed by atoms with van der Waals surface area (Å²) < 4.78 is 2.09. The van der Waals surface area contributed by atoms with Crippen LogP contribution >= 0.6 is 23.1 Å². The lowest BCUT2D eigenvalue weighted by Crippen LogP contribution is -2.31. The number of benzene rings is 1. The van der Waals surface area contributed by atoms with Crippen LogP contribution in [0, 0.1) is 0 Å². The van der Waals surface area contributed by atoms with E-state index in [1.54, 1.807) is 11.3 Å². The summed E-state index contributed by atoms with van der Waals surface area (Å²) in [6, 6.07) is 14.3. The monoisotopic (exact) mass is 386 g/mol. The average molecular weight is 387 g/mol. The van der Waals surface area contributed by atoms with E-state index in [0.29, 0.717) is 13.1 Å². The van der Waals surface area contributed by atoms with Crippen molar-refractivity contribution in [2.24, 2.45) is 0 Å². The third-order valence-corrected chi connectivity index (χ3v) is 5.79. The molecular formula is C19H22N4OS2. The lowest BCUT2D eigenvalue weighted by molar-refractivity contribution is -0.120. The topological polar surface area (TPSA) is 59.8 Å². The predicted octanol–water partition coefficient (Wildman–Crippen LogP) is 4.06. The predicted molar refractivity (Wildman–Crippen MR) is 107 cm³/mol. The van der Waals surface area contributed by atoms with E-state index in [0.717, 1.165) is 22.3 Å². The molecule has 7 heteroatoms. The second-order valence-electron chi connectivity index (χ2n) is 5.91. The van der Waals surface area contributed by atoms with Gasteiger partial charge in [-0.1, -0.05) is 55.1 Å². The Morgan fingerprint density at radius 2 is 2.04 bits per heavy atom. The Labute approximate surface area is 161 Å². The number of hydrogen-bond acceptors (Lipinski definition) is 5. The molecule has 0 bridgehead atoms. The molecule has 0 aliphatic rings. The van der Waals surface area contributed by atoms with E-state index in [9.17, 15) is 4.79 Å². The van der Waals surface area contributed by atoms with Crippen LogP contribution < -0.4 is 5.32 Å². The first-order valence-corrected chi connectivity index (χ1v) is 10.4. The summed E-state index contributed by atoms with van der Waals surface area (Å²) in [5.74, 6) is 0.872. The maximum Gasteiger partial charge on any atom is 0.233 e. The zero-order valence-corrected chi connectivity index (χ0v) is 16.5. The minimum absolute atomic E-state index is 0.0313. The van der Waals surface area contributed by atoms with Gasteiger partial charge in [-0.15, -0.1) is 21.5 Å². The molecule has 0 aliphatic heterocycles. The molecule has 0 radical (unpaired) electrons. The Balaban J connectivity index is 1.86. The SMILES string of the molecule is CCCNC(=O)[C@H](C)Sc1nnc(-c2cccs2)n1Cc1ccccc1. The van der Waals surface area contributed by atoms with Gasteiger partial charge in [0.2, 0.25) is 5.91 Å². The lowest BCUT2D eigenvalue weighted by atomic mass is 10.2. The van der Waals surface area contributed by atoms with Crippen LogP contribution in [0.25, 0.3) is 10.7 Å². The van der Waals surface area contributed by atoms with Crippen LogP contribution in [-0.4, -0.2) is 32.5 Å². The zero-order valence-electron chi connectivity index (χ0n) is 14.9. The van der Waals surface area contributed by atoms with E-state index in [1.807, 2.05) is 49.6 Å². The number of amides is 1. The molecule has 136 valence electrons. The Morgan fingerprint density at radius 1 is 1.23 bits per heavy atom. The van der Waals surface area contributed by atoms with Crippen molar-refractivity contribution >= 4 is 29.0 Å². The average Bonchev–Trinajstić information content (AvgIpc) is 3.31. The van der Waals surface area contributed by atoms with Crippen LogP contribution in [0.15, 0.2) is 53.0 Å². The number of rotatable bonds is 8. The number of thiophene rings is 1. The summed E-state index contributed by atoms with van der Waals surface area (Å²) in [5.41, 5.74) is 1.18. The summed E-state index contributed by atoms with van der Waals surface area (Å²) in [6.45, 7) is 5.32. The third-order valence-electron chi connectivity index (χ3n) is 3.84. The van der Waals surface area contributed by atoms with Crippen molar-refractivity contribution in [1.29, 1.82) is 0 Å². The molecule has 3 aromatic rings. The molecule has 0 spiro atoms. The Hall–Kier alpha value is -2.12. The number of carbonyl (C=O) groups is 1. The van der Waals surface area contributed by atoms with Crippen molar-refractivity contribution in [2.75, 3.05) is 6.54 Å². The number of thioether (sulfide) groups is 1. The van der Waals surface area contributed by atoms with E-state index in [4.69, 9.17) is 0 Å². The summed E-state index contributed by atoms with van der Waals surface area (Å²) in [7, 11) is 0. The Morgan fingerprint density at radius 3 is 2.73 bits per heavy atom. The number of nitrogens with zero attached hydrogens (tertiary/aromatic N) is 3. The van der Waals surface area contributed by atoms with Gasteiger partial charge < -0.3 is 5.32 Å². The van der Waals surface area contributed by atoms with Crippen molar-refractivity contribution in [2.45, 2.75) is 37.2 Å². The van der Waals surface area contributed by atoms with Crippen molar-refractivity contribution in [3.8, 4) is 10.7 Å². The van der Waals surface area contributed by atoms with Crippen molar-refractivity contribution in [3.05, 3.63) is 53.4 Å². The van der Waals surface area contributed by atoms with Gasteiger partial charge in [-0.25, -0.2) is 0 Å². The minimum atomic E-state index is -0.226. The molecule has 26 heavy (non-hydrogen) atoms. The largest absolute Gasteiger partial charge is 0.355 e. The van der Waals surface area contributed by atoms with Crippen LogP contribution in [-0.2, 0) is 11.3 Å². The fourth-order valence-corrected chi connectivity index (χ4v) is 4.07. The van der Waals surface area contributed by atoms with E-state index in [1.165, 1.54) is 17.3 Å². The quantitative estimate of drug-likeness (QED) is 0.593. The first-order valence-electron chi connectivity index (χ1n) is 8.64. The molecule has 5 nitrogen and oxygen atoms in total. The molecule has 2 heterocycles. The summed E-state index contributed by atoms with van der Waals surface area (Å²) in [6.07, 6.45) is 0.926. The highest BCUT2D eigenvalue weighted by Crippen LogP contribution is 2.30. The maximum absolute atomic E-state index is 12.2. The number of carbonyl (C=O) groups excluding carboxylic acids is 1.